The largest absolute Gasteiger partial charge is 0.497 e. The smallest absolute Gasteiger partial charge is 0.244 e. The van der Waals surface area contributed by atoms with Crippen LogP contribution in [0.2, 0.25) is 5.02 Å². The summed E-state index contributed by atoms with van der Waals surface area (Å²) in [6.07, 6.45) is 2.28. The number of carbonyl (C=O) groups is 1. The number of rotatable bonds is 7. The second-order valence-corrected chi connectivity index (χ2v) is 7.91. The maximum Gasteiger partial charge on any atom is 0.244 e. The zero-order valence-corrected chi connectivity index (χ0v) is 18.1. The van der Waals surface area contributed by atoms with Crippen LogP contribution < -0.4 is 14.9 Å². The van der Waals surface area contributed by atoms with Gasteiger partial charge in [-0.3, -0.25) is 4.79 Å². The maximum absolute atomic E-state index is 13.0. The van der Waals surface area contributed by atoms with Crippen molar-refractivity contribution in [2.75, 3.05) is 14.2 Å². The predicted molar refractivity (Wildman–Crippen MR) is 122 cm³/mol. The average molecular weight is 435 g/mol. The molecule has 3 aromatic carbocycles. The molecule has 1 aliphatic rings. The predicted octanol–water partition coefficient (Wildman–Crippen LogP) is 4.81. The van der Waals surface area contributed by atoms with E-state index in [0.717, 1.165) is 28.2 Å². The second kappa shape index (κ2) is 8.82. The van der Waals surface area contributed by atoms with Gasteiger partial charge in [0.2, 0.25) is 5.91 Å². The van der Waals surface area contributed by atoms with E-state index in [2.05, 4.69) is 10.5 Å². The van der Waals surface area contributed by atoms with Crippen molar-refractivity contribution in [2.45, 2.75) is 11.8 Å². The number of nitrogens with zero attached hydrogens (tertiary/aromatic N) is 1. The summed E-state index contributed by atoms with van der Waals surface area (Å²) in [7, 11) is 3.28. The van der Waals surface area contributed by atoms with E-state index in [1.807, 2.05) is 60.7 Å². The van der Waals surface area contributed by atoms with Crippen molar-refractivity contribution in [2.24, 2.45) is 11.0 Å². The van der Waals surface area contributed by atoms with Crippen LogP contribution in [0.3, 0.4) is 0 Å². The van der Waals surface area contributed by atoms with Crippen molar-refractivity contribution in [3.63, 3.8) is 0 Å². The van der Waals surface area contributed by atoms with Crippen LogP contribution in [0, 0.1) is 5.92 Å². The van der Waals surface area contributed by atoms with Crippen molar-refractivity contribution in [1.82, 2.24) is 5.43 Å². The molecule has 6 heteroatoms. The quantitative estimate of drug-likeness (QED) is 0.428. The van der Waals surface area contributed by atoms with Crippen LogP contribution >= 0.6 is 11.6 Å². The van der Waals surface area contributed by atoms with E-state index in [1.54, 1.807) is 32.6 Å². The first-order valence-corrected chi connectivity index (χ1v) is 10.3. The Bertz CT molecular complexity index is 1060. The standard InChI is InChI=1S/C25H23ClN2O3/c1-30-21-7-3-5-18(13-21)25(19-6-4-8-22(14-19)31-2)15-23(25)24(29)28-27-16-17-9-11-20(26)12-10-17/h3-14,16,23H,15H2,1-2H3,(H,28,29)/b27-16-/t23-/m1/s1. The van der Waals surface area contributed by atoms with Gasteiger partial charge in [0, 0.05) is 10.4 Å². The first-order chi connectivity index (χ1) is 15.1. The van der Waals surface area contributed by atoms with Gasteiger partial charge in [0.05, 0.1) is 26.4 Å². The lowest BCUT2D eigenvalue weighted by atomic mass is 9.85. The summed E-state index contributed by atoms with van der Waals surface area (Å²) in [4.78, 5) is 13.0. The van der Waals surface area contributed by atoms with Gasteiger partial charge in [0.15, 0.2) is 0 Å². The number of hydrogen-bond acceptors (Lipinski definition) is 4. The van der Waals surface area contributed by atoms with Gasteiger partial charge in [-0.2, -0.15) is 5.10 Å². The Kier molecular flexibility index (Phi) is 5.96. The molecule has 0 heterocycles. The molecule has 1 saturated carbocycles. The summed E-state index contributed by atoms with van der Waals surface area (Å²) in [5, 5.41) is 4.79. The fourth-order valence-corrected chi connectivity index (χ4v) is 4.11. The Morgan fingerprint density at radius 2 is 1.58 bits per heavy atom. The number of hydrogen-bond donors (Lipinski definition) is 1. The first kappa shape index (κ1) is 20.9. The van der Waals surface area contributed by atoms with E-state index in [0.29, 0.717) is 11.4 Å². The first-order valence-electron chi connectivity index (χ1n) is 9.94. The molecule has 4 rings (SSSR count). The van der Waals surface area contributed by atoms with Crippen LogP contribution in [-0.4, -0.2) is 26.3 Å². The molecule has 31 heavy (non-hydrogen) atoms. The minimum absolute atomic E-state index is 0.129. The van der Waals surface area contributed by atoms with Gasteiger partial charge in [-0.1, -0.05) is 48.0 Å². The van der Waals surface area contributed by atoms with Crippen LogP contribution in [-0.2, 0) is 10.2 Å². The average Bonchev–Trinajstić information content (AvgIpc) is 3.58. The molecule has 0 aromatic heterocycles. The highest BCUT2D eigenvalue weighted by molar-refractivity contribution is 6.30. The summed E-state index contributed by atoms with van der Waals surface area (Å²) in [6, 6.07) is 23.0. The molecule has 0 bridgehead atoms. The molecule has 1 fully saturated rings. The number of carbonyl (C=O) groups excluding carboxylic acids is 1. The fraction of sp³-hybridized carbons (Fsp3) is 0.200. The lowest BCUT2D eigenvalue weighted by molar-refractivity contribution is -0.122. The van der Waals surface area contributed by atoms with Crippen LogP contribution in [0.5, 0.6) is 11.5 Å². The Morgan fingerprint density at radius 3 is 2.13 bits per heavy atom. The Hall–Kier alpha value is -3.31. The van der Waals surface area contributed by atoms with Crippen LogP contribution in [0.4, 0.5) is 0 Å². The summed E-state index contributed by atoms with van der Waals surface area (Å²) in [5.74, 6) is 1.13. The minimum atomic E-state index is -0.455. The molecule has 0 aliphatic heterocycles. The number of ether oxygens (including phenoxy) is 2. The summed E-state index contributed by atoms with van der Waals surface area (Å²) in [5.41, 5.74) is 5.15. The van der Waals surface area contributed by atoms with Gasteiger partial charge < -0.3 is 9.47 Å². The molecule has 1 aliphatic carbocycles. The van der Waals surface area contributed by atoms with Crippen molar-refractivity contribution < 1.29 is 14.3 Å². The second-order valence-electron chi connectivity index (χ2n) is 7.48. The van der Waals surface area contributed by atoms with E-state index in [4.69, 9.17) is 21.1 Å². The SMILES string of the molecule is COc1cccc(C2(c3cccc(OC)c3)C[C@@H]2C(=O)N/N=C\c2ccc(Cl)cc2)c1. The van der Waals surface area contributed by atoms with Crippen LogP contribution in [0.1, 0.15) is 23.1 Å². The summed E-state index contributed by atoms with van der Waals surface area (Å²) in [6.45, 7) is 0. The van der Waals surface area contributed by atoms with Gasteiger partial charge in [-0.05, 0) is 59.5 Å². The van der Waals surface area contributed by atoms with E-state index < -0.39 is 5.41 Å². The number of halogens is 1. The summed E-state index contributed by atoms with van der Waals surface area (Å²) < 4.78 is 10.8. The highest BCUT2D eigenvalue weighted by Crippen LogP contribution is 2.59. The van der Waals surface area contributed by atoms with Crippen molar-refractivity contribution in [3.8, 4) is 11.5 Å². The molecule has 3 aromatic rings. The number of nitrogens with one attached hydrogen (secondary N) is 1. The summed E-state index contributed by atoms with van der Waals surface area (Å²) >= 11 is 5.90. The highest BCUT2D eigenvalue weighted by Gasteiger charge is 2.60. The van der Waals surface area contributed by atoms with Crippen molar-refractivity contribution >= 4 is 23.7 Å². The Morgan fingerprint density at radius 1 is 1.00 bits per heavy atom. The van der Waals surface area contributed by atoms with Gasteiger partial charge >= 0.3 is 0 Å². The number of methoxy groups -OCH3 is 2. The molecule has 1 atom stereocenters. The lowest BCUT2D eigenvalue weighted by Crippen LogP contribution is -2.25. The molecule has 0 unspecified atom stereocenters. The van der Waals surface area contributed by atoms with E-state index in [9.17, 15) is 4.79 Å². The lowest BCUT2D eigenvalue weighted by Gasteiger charge is -2.20. The third kappa shape index (κ3) is 4.28. The molecule has 158 valence electrons. The molecule has 0 spiro atoms. The van der Waals surface area contributed by atoms with Crippen LogP contribution in [0.15, 0.2) is 77.9 Å². The Balaban J connectivity index is 1.60. The fourth-order valence-electron chi connectivity index (χ4n) is 3.98. The zero-order valence-electron chi connectivity index (χ0n) is 17.3. The third-order valence-corrected chi connectivity index (χ3v) is 5.96. The van der Waals surface area contributed by atoms with Crippen LogP contribution in [0.25, 0.3) is 0 Å². The number of amides is 1. The maximum atomic E-state index is 13.0. The van der Waals surface area contributed by atoms with Gasteiger partial charge in [0.25, 0.3) is 0 Å². The van der Waals surface area contributed by atoms with Crippen molar-refractivity contribution in [1.29, 1.82) is 0 Å². The molecule has 1 amide bonds. The van der Waals surface area contributed by atoms with E-state index >= 15 is 0 Å². The molecular formula is C25H23ClN2O3. The molecule has 0 saturated heterocycles. The third-order valence-electron chi connectivity index (χ3n) is 5.71. The molecule has 0 radical (unpaired) electrons. The number of hydrazone groups is 1. The van der Waals surface area contributed by atoms with Crippen molar-refractivity contribution in [3.05, 3.63) is 94.5 Å². The van der Waals surface area contributed by atoms with E-state index in [1.165, 1.54) is 0 Å². The topological polar surface area (TPSA) is 59.9 Å². The Labute approximate surface area is 186 Å². The molecule has 1 N–H and O–H groups in total. The highest BCUT2D eigenvalue weighted by atomic mass is 35.5. The van der Waals surface area contributed by atoms with E-state index in [-0.39, 0.29) is 11.8 Å². The minimum Gasteiger partial charge on any atom is -0.497 e. The zero-order chi connectivity index (χ0) is 21.8. The van der Waals surface area contributed by atoms with Gasteiger partial charge in [0.1, 0.15) is 11.5 Å². The molecule has 5 nitrogen and oxygen atoms in total. The van der Waals surface area contributed by atoms with Gasteiger partial charge in [-0.25, -0.2) is 5.43 Å². The van der Waals surface area contributed by atoms with Gasteiger partial charge in [-0.15, -0.1) is 0 Å². The normalized spacial score (nSPS) is 16.7. The number of benzene rings is 3. The monoisotopic (exact) mass is 434 g/mol. The molecular weight excluding hydrogens is 412 g/mol.